The quantitative estimate of drug-likeness (QED) is 0.304. The van der Waals surface area contributed by atoms with Crippen molar-refractivity contribution in [1.29, 1.82) is 0 Å². The normalized spacial score (nSPS) is 14.1. The second-order valence-electron chi connectivity index (χ2n) is 12.7. The van der Waals surface area contributed by atoms with Crippen LogP contribution in [0, 0.1) is 0 Å². The smallest absolute Gasteiger partial charge is 0.435 e. The maximum Gasteiger partial charge on any atom is 0.435 e. The first-order valence-electron chi connectivity index (χ1n) is 14.5. The van der Waals surface area contributed by atoms with Gasteiger partial charge in [-0.05, 0) is 63.5 Å². The lowest BCUT2D eigenvalue weighted by atomic mass is 10.1. The molecule has 0 spiro atoms. The summed E-state index contributed by atoms with van der Waals surface area (Å²) < 4.78 is 26.7. The number of carbonyl (C=O) groups excluding carboxylic acids is 3. The molecule has 11 nitrogen and oxygen atoms in total. The average Bonchev–Trinajstić information content (AvgIpc) is 3.32. The molecule has 0 aliphatic heterocycles. The van der Waals surface area contributed by atoms with Gasteiger partial charge in [0.2, 0.25) is 0 Å². The number of fused-ring (bicyclic) bond motifs is 1. The van der Waals surface area contributed by atoms with Crippen LogP contribution in [0.15, 0.2) is 48.7 Å². The first-order chi connectivity index (χ1) is 19.9. The van der Waals surface area contributed by atoms with Crippen LogP contribution in [0.4, 0.5) is 15.4 Å². The van der Waals surface area contributed by atoms with E-state index >= 15 is 0 Å². The number of amides is 2. The zero-order chi connectivity index (χ0) is 32.2. The lowest BCUT2D eigenvalue weighted by molar-refractivity contribution is -0.123. The van der Waals surface area contributed by atoms with Crippen molar-refractivity contribution < 1.29 is 29.7 Å². The summed E-state index contributed by atoms with van der Waals surface area (Å²) in [6.07, 6.45) is -0.842. The Balaban J connectivity index is 1.89. The second kappa shape index (κ2) is 12.6. The van der Waals surface area contributed by atoms with Crippen molar-refractivity contribution in [3.63, 3.8) is 0 Å². The SMILES string of the molecule is [2H]CN(C(=O)OCc1ccccc1)[C@H](C(=O)Nc1ccc2c(cnn2C(=O)OC(C)(C)C)n1)[C@@H](C)O[Si](C)(C)C(C)(C)C. The highest BCUT2D eigenvalue weighted by atomic mass is 28.4. The molecular formula is C30H43N5O6Si. The molecule has 3 rings (SSSR count). The second-order valence-corrected chi connectivity index (χ2v) is 17.4. The van der Waals surface area contributed by atoms with Gasteiger partial charge >= 0.3 is 12.2 Å². The minimum Gasteiger partial charge on any atom is -0.445 e. The van der Waals surface area contributed by atoms with E-state index < -0.39 is 51.2 Å². The zero-order valence-electron chi connectivity index (χ0n) is 26.9. The third-order valence-corrected chi connectivity index (χ3v) is 11.6. The van der Waals surface area contributed by atoms with Crippen LogP contribution < -0.4 is 5.32 Å². The van der Waals surface area contributed by atoms with Gasteiger partial charge in [0.15, 0.2) is 8.32 Å². The summed E-state index contributed by atoms with van der Waals surface area (Å²) in [4.78, 5) is 45.1. The van der Waals surface area contributed by atoms with Gasteiger partial charge < -0.3 is 19.2 Å². The zero-order valence-corrected chi connectivity index (χ0v) is 26.9. The molecule has 0 aliphatic carbocycles. The van der Waals surface area contributed by atoms with Crippen molar-refractivity contribution in [2.24, 2.45) is 0 Å². The highest BCUT2D eigenvalue weighted by Crippen LogP contribution is 2.38. The highest BCUT2D eigenvalue weighted by Gasteiger charge is 2.43. The minimum atomic E-state index is -2.39. The molecule has 0 saturated carbocycles. The van der Waals surface area contributed by atoms with E-state index in [2.05, 4.69) is 49.3 Å². The number of hydrogen-bond donors (Lipinski definition) is 1. The summed E-state index contributed by atoms with van der Waals surface area (Å²) >= 11 is 0. The number of nitrogens with zero attached hydrogens (tertiary/aromatic N) is 4. The number of likely N-dealkylation sites (N-methyl/N-ethyl adjacent to an activating group) is 1. The third kappa shape index (κ3) is 8.16. The summed E-state index contributed by atoms with van der Waals surface area (Å²) in [5, 5.41) is 6.69. The molecular weight excluding hydrogens is 554 g/mol. The van der Waals surface area contributed by atoms with Gasteiger partial charge in [0, 0.05) is 8.39 Å². The molecule has 42 heavy (non-hydrogen) atoms. The largest absolute Gasteiger partial charge is 0.445 e. The summed E-state index contributed by atoms with van der Waals surface area (Å²) in [6.45, 7) is 17.3. The monoisotopic (exact) mass is 598 g/mol. The van der Waals surface area contributed by atoms with Crippen LogP contribution in [0.2, 0.25) is 18.1 Å². The number of ether oxygens (including phenoxy) is 2. The number of benzene rings is 1. The lowest BCUT2D eigenvalue weighted by Gasteiger charge is -2.41. The number of rotatable bonds is 8. The van der Waals surface area contributed by atoms with Crippen LogP contribution in [-0.2, 0) is 25.3 Å². The summed E-state index contributed by atoms with van der Waals surface area (Å²) in [7, 11) is -2.92. The Morgan fingerprint density at radius 2 is 1.74 bits per heavy atom. The number of anilines is 1. The predicted octanol–water partition coefficient (Wildman–Crippen LogP) is 6.20. The molecule has 2 atom stereocenters. The molecule has 0 bridgehead atoms. The van der Waals surface area contributed by atoms with Gasteiger partial charge in [0.05, 0.1) is 17.8 Å². The van der Waals surface area contributed by atoms with E-state index in [0.717, 1.165) is 15.1 Å². The van der Waals surface area contributed by atoms with Crippen LogP contribution in [0.25, 0.3) is 11.0 Å². The Hall–Kier alpha value is -3.77. The molecule has 2 aromatic heterocycles. The number of hydrogen-bond acceptors (Lipinski definition) is 8. The molecule has 0 unspecified atom stereocenters. The standard InChI is InChI=1S/C30H43N5O6Si/c1-20(41-42(9,10)30(5,6)7)25(34(8)27(37)39-19-21-14-12-11-13-15-21)26(36)33-24-17-16-23-22(32-24)18-31-35(23)28(38)40-29(2,3)4/h11-18,20,25H,19H2,1-10H3,(H,32,33,36)/t20-,25+/m1/s1/i8D. The Labute approximate surface area is 250 Å². The number of carbonyl (C=O) groups is 3. The van der Waals surface area contributed by atoms with Gasteiger partial charge in [-0.3, -0.25) is 9.69 Å². The van der Waals surface area contributed by atoms with E-state index in [1.807, 2.05) is 30.3 Å². The number of nitrogens with one attached hydrogen (secondary N) is 1. The van der Waals surface area contributed by atoms with E-state index in [9.17, 15) is 14.4 Å². The van der Waals surface area contributed by atoms with Crippen molar-refractivity contribution in [3.8, 4) is 0 Å². The van der Waals surface area contributed by atoms with Gasteiger partial charge in [0.1, 0.15) is 29.6 Å². The van der Waals surface area contributed by atoms with E-state index in [1.165, 1.54) is 12.3 Å². The maximum atomic E-state index is 13.8. The van der Waals surface area contributed by atoms with Crippen molar-refractivity contribution >= 4 is 43.3 Å². The van der Waals surface area contributed by atoms with Gasteiger partial charge in [-0.15, -0.1) is 0 Å². The topological polar surface area (TPSA) is 125 Å². The number of aromatic nitrogens is 3. The fourth-order valence-electron chi connectivity index (χ4n) is 3.87. The average molecular weight is 599 g/mol. The van der Waals surface area contributed by atoms with E-state index in [4.69, 9.17) is 15.3 Å². The van der Waals surface area contributed by atoms with Crippen molar-refractivity contribution in [1.82, 2.24) is 19.7 Å². The molecule has 228 valence electrons. The maximum absolute atomic E-state index is 13.8. The van der Waals surface area contributed by atoms with E-state index in [0.29, 0.717) is 11.0 Å². The summed E-state index contributed by atoms with van der Waals surface area (Å²) in [6, 6.07) is 11.1. The van der Waals surface area contributed by atoms with Gasteiger partial charge in [-0.25, -0.2) is 14.6 Å². The van der Waals surface area contributed by atoms with E-state index in [1.54, 1.807) is 33.8 Å². The molecule has 1 N–H and O–H groups in total. The Kier molecular flexibility index (Phi) is 9.36. The summed E-state index contributed by atoms with van der Waals surface area (Å²) in [5.41, 5.74) is 0.818. The molecule has 3 aromatic rings. The van der Waals surface area contributed by atoms with Crippen molar-refractivity contribution in [2.75, 3.05) is 12.3 Å². The predicted molar refractivity (Wildman–Crippen MR) is 164 cm³/mol. The molecule has 2 heterocycles. The van der Waals surface area contributed by atoms with Gasteiger partial charge in [-0.1, -0.05) is 51.1 Å². The Morgan fingerprint density at radius 1 is 1.07 bits per heavy atom. The molecule has 0 aliphatic rings. The Morgan fingerprint density at radius 3 is 2.33 bits per heavy atom. The van der Waals surface area contributed by atoms with Crippen molar-refractivity contribution in [2.45, 2.75) is 91.0 Å². The van der Waals surface area contributed by atoms with Crippen LogP contribution in [0.3, 0.4) is 0 Å². The number of pyridine rings is 1. The molecule has 2 amide bonds. The molecule has 1 aromatic carbocycles. The van der Waals surface area contributed by atoms with Crippen LogP contribution in [0.5, 0.6) is 0 Å². The van der Waals surface area contributed by atoms with Gasteiger partial charge in [0.25, 0.3) is 5.91 Å². The summed E-state index contributed by atoms with van der Waals surface area (Å²) in [5.74, 6) is -0.421. The van der Waals surface area contributed by atoms with Crippen LogP contribution in [-0.4, -0.2) is 70.8 Å². The van der Waals surface area contributed by atoms with Crippen LogP contribution in [0.1, 0.15) is 55.4 Å². The molecule has 0 radical (unpaired) electrons. The third-order valence-electron chi connectivity index (χ3n) is 7.02. The first-order valence-corrected chi connectivity index (χ1v) is 16.7. The van der Waals surface area contributed by atoms with Gasteiger partial charge in [-0.2, -0.15) is 9.78 Å². The first kappa shape index (κ1) is 31.2. The minimum absolute atomic E-state index is 0.0121. The fourth-order valence-corrected chi connectivity index (χ4v) is 5.28. The van der Waals surface area contributed by atoms with E-state index in [-0.39, 0.29) is 17.5 Å². The Bertz CT molecular complexity index is 1430. The van der Waals surface area contributed by atoms with Crippen molar-refractivity contribution in [3.05, 3.63) is 54.2 Å². The molecule has 0 fully saturated rings. The highest BCUT2D eigenvalue weighted by molar-refractivity contribution is 6.74. The molecule has 0 saturated heterocycles. The molecule has 12 heteroatoms. The lowest BCUT2D eigenvalue weighted by Crippen LogP contribution is -2.55. The van der Waals surface area contributed by atoms with Crippen LogP contribution >= 0.6 is 0 Å². The fraction of sp³-hybridized carbons (Fsp3) is 0.500.